The van der Waals surface area contributed by atoms with E-state index < -0.39 is 0 Å². The number of carbonyl (C=O) groups excluding carboxylic acids is 2. The average Bonchev–Trinajstić information content (AvgIpc) is 2.48. The number of rotatable bonds is 4. The van der Waals surface area contributed by atoms with E-state index in [0.717, 1.165) is 4.47 Å². The molecule has 0 aliphatic carbocycles. The SMILES string of the molecule is O=C(CNC(=O)c1ccc(Br)cc1)Nc1ccc(Cl)cc1. The van der Waals surface area contributed by atoms with Gasteiger partial charge in [-0.05, 0) is 48.5 Å². The molecule has 0 spiro atoms. The van der Waals surface area contributed by atoms with Crippen LogP contribution in [-0.4, -0.2) is 18.4 Å². The van der Waals surface area contributed by atoms with E-state index in [1.54, 1.807) is 48.5 Å². The van der Waals surface area contributed by atoms with Crippen LogP contribution in [-0.2, 0) is 4.79 Å². The van der Waals surface area contributed by atoms with E-state index in [9.17, 15) is 9.59 Å². The molecule has 2 amide bonds. The second-order valence-corrected chi connectivity index (χ2v) is 5.60. The monoisotopic (exact) mass is 366 g/mol. The van der Waals surface area contributed by atoms with Gasteiger partial charge in [0.1, 0.15) is 0 Å². The first kappa shape index (κ1) is 15.5. The zero-order chi connectivity index (χ0) is 15.2. The van der Waals surface area contributed by atoms with Crippen LogP contribution in [0.5, 0.6) is 0 Å². The Morgan fingerprint density at radius 2 is 1.62 bits per heavy atom. The van der Waals surface area contributed by atoms with Crippen molar-refractivity contribution in [2.45, 2.75) is 0 Å². The highest BCUT2D eigenvalue weighted by Gasteiger charge is 2.08. The van der Waals surface area contributed by atoms with E-state index in [-0.39, 0.29) is 18.4 Å². The van der Waals surface area contributed by atoms with Crippen molar-refractivity contribution in [3.8, 4) is 0 Å². The Kier molecular flexibility index (Phi) is 5.36. The molecular weight excluding hydrogens is 356 g/mol. The lowest BCUT2D eigenvalue weighted by molar-refractivity contribution is -0.115. The lowest BCUT2D eigenvalue weighted by Crippen LogP contribution is -2.32. The van der Waals surface area contributed by atoms with Crippen molar-refractivity contribution in [1.82, 2.24) is 5.32 Å². The Morgan fingerprint density at radius 1 is 1.00 bits per heavy atom. The van der Waals surface area contributed by atoms with Crippen LogP contribution in [0.3, 0.4) is 0 Å². The third-order valence-electron chi connectivity index (χ3n) is 2.64. The molecule has 0 unspecified atom stereocenters. The van der Waals surface area contributed by atoms with E-state index >= 15 is 0 Å². The average molecular weight is 368 g/mol. The van der Waals surface area contributed by atoms with Crippen molar-refractivity contribution in [3.63, 3.8) is 0 Å². The fourth-order valence-corrected chi connectivity index (χ4v) is 1.99. The maximum atomic E-state index is 11.8. The zero-order valence-electron chi connectivity index (χ0n) is 10.9. The smallest absolute Gasteiger partial charge is 0.251 e. The van der Waals surface area contributed by atoms with Gasteiger partial charge in [0.15, 0.2) is 0 Å². The van der Waals surface area contributed by atoms with Crippen molar-refractivity contribution < 1.29 is 9.59 Å². The van der Waals surface area contributed by atoms with E-state index in [0.29, 0.717) is 16.3 Å². The molecule has 2 rings (SSSR count). The number of hydrogen-bond acceptors (Lipinski definition) is 2. The molecule has 0 bridgehead atoms. The Bertz CT molecular complexity index is 642. The molecule has 0 saturated carbocycles. The molecule has 0 heterocycles. The van der Waals surface area contributed by atoms with Crippen molar-refractivity contribution >= 4 is 45.0 Å². The summed E-state index contributed by atoms with van der Waals surface area (Å²) in [5.74, 6) is -0.600. The number of halogens is 2. The van der Waals surface area contributed by atoms with Gasteiger partial charge in [-0.3, -0.25) is 9.59 Å². The molecule has 0 saturated heterocycles. The van der Waals surface area contributed by atoms with Gasteiger partial charge in [0.2, 0.25) is 5.91 Å². The molecule has 21 heavy (non-hydrogen) atoms. The van der Waals surface area contributed by atoms with Gasteiger partial charge in [-0.25, -0.2) is 0 Å². The predicted molar refractivity (Wildman–Crippen MR) is 86.6 cm³/mol. The summed E-state index contributed by atoms with van der Waals surface area (Å²) in [6.07, 6.45) is 0. The van der Waals surface area contributed by atoms with E-state index in [4.69, 9.17) is 11.6 Å². The fraction of sp³-hybridized carbons (Fsp3) is 0.0667. The van der Waals surface area contributed by atoms with E-state index in [2.05, 4.69) is 26.6 Å². The van der Waals surface area contributed by atoms with E-state index in [1.807, 2.05) is 0 Å². The molecule has 2 N–H and O–H groups in total. The minimum Gasteiger partial charge on any atom is -0.343 e. The van der Waals surface area contributed by atoms with Gasteiger partial charge < -0.3 is 10.6 Å². The van der Waals surface area contributed by atoms with Crippen LogP contribution in [0.15, 0.2) is 53.0 Å². The maximum absolute atomic E-state index is 11.8. The Morgan fingerprint density at radius 3 is 2.24 bits per heavy atom. The third kappa shape index (κ3) is 4.88. The predicted octanol–water partition coefficient (Wildman–Crippen LogP) is 3.47. The first-order chi connectivity index (χ1) is 10.0. The highest BCUT2D eigenvalue weighted by Crippen LogP contribution is 2.13. The Balaban J connectivity index is 1.84. The molecule has 108 valence electrons. The van der Waals surface area contributed by atoms with Crippen LogP contribution in [0.2, 0.25) is 5.02 Å². The highest BCUT2D eigenvalue weighted by atomic mass is 79.9. The molecule has 2 aromatic carbocycles. The Labute approximate surface area is 135 Å². The standard InChI is InChI=1S/C15H12BrClN2O2/c16-11-3-1-10(2-4-11)15(21)18-9-14(20)19-13-7-5-12(17)6-8-13/h1-8H,9H2,(H,18,21)(H,19,20). The minimum absolute atomic E-state index is 0.0997. The zero-order valence-corrected chi connectivity index (χ0v) is 13.2. The molecule has 0 radical (unpaired) electrons. The van der Waals surface area contributed by atoms with Crippen LogP contribution in [0.4, 0.5) is 5.69 Å². The second kappa shape index (κ2) is 7.24. The molecule has 0 fully saturated rings. The van der Waals surface area contributed by atoms with Crippen LogP contribution in [0, 0.1) is 0 Å². The van der Waals surface area contributed by atoms with Gasteiger partial charge in [-0.15, -0.1) is 0 Å². The number of nitrogens with one attached hydrogen (secondary N) is 2. The topological polar surface area (TPSA) is 58.2 Å². The third-order valence-corrected chi connectivity index (χ3v) is 3.42. The van der Waals surface area contributed by atoms with Gasteiger partial charge in [0.25, 0.3) is 5.91 Å². The number of amides is 2. The second-order valence-electron chi connectivity index (χ2n) is 4.24. The largest absolute Gasteiger partial charge is 0.343 e. The molecule has 0 aliphatic rings. The number of carbonyl (C=O) groups is 2. The van der Waals surface area contributed by atoms with Crippen LogP contribution in [0.1, 0.15) is 10.4 Å². The van der Waals surface area contributed by atoms with Crippen LogP contribution < -0.4 is 10.6 Å². The number of anilines is 1. The lowest BCUT2D eigenvalue weighted by atomic mass is 10.2. The lowest BCUT2D eigenvalue weighted by Gasteiger charge is -2.07. The fourth-order valence-electron chi connectivity index (χ4n) is 1.60. The minimum atomic E-state index is -0.303. The molecule has 4 nitrogen and oxygen atoms in total. The number of benzene rings is 2. The van der Waals surface area contributed by atoms with Crippen LogP contribution >= 0.6 is 27.5 Å². The van der Waals surface area contributed by atoms with Crippen molar-refractivity contribution in [2.75, 3.05) is 11.9 Å². The van der Waals surface area contributed by atoms with Crippen molar-refractivity contribution in [2.24, 2.45) is 0 Å². The van der Waals surface area contributed by atoms with Gasteiger partial charge >= 0.3 is 0 Å². The molecule has 0 atom stereocenters. The summed E-state index contributed by atoms with van der Waals surface area (Å²) < 4.78 is 0.888. The normalized spacial score (nSPS) is 10.0. The quantitative estimate of drug-likeness (QED) is 0.869. The summed E-state index contributed by atoms with van der Waals surface area (Å²) in [6, 6.07) is 13.6. The molecule has 0 aliphatic heterocycles. The first-order valence-electron chi connectivity index (χ1n) is 6.14. The molecule has 2 aromatic rings. The maximum Gasteiger partial charge on any atom is 0.251 e. The van der Waals surface area contributed by atoms with Gasteiger partial charge in [-0.1, -0.05) is 27.5 Å². The van der Waals surface area contributed by atoms with Gasteiger partial charge in [-0.2, -0.15) is 0 Å². The van der Waals surface area contributed by atoms with Gasteiger partial charge in [0.05, 0.1) is 6.54 Å². The summed E-state index contributed by atoms with van der Waals surface area (Å²) in [7, 11) is 0. The summed E-state index contributed by atoms with van der Waals surface area (Å²) >= 11 is 9.05. The first-order valence-corrected chi connectivity index (χ1v) is 7.31. The molecular formula is C15H12BrClN2O2. The number of hydrogen-bond donors (Lipinski definition) is 2. The molecule has 0 aromatic heterocycles. The van der Waals surface area contributed by atoms with E-state index in [1.165, 1.54) is 0 Å². The summed E-state index contributed by atoms with van der Waals surface area (Å²) in [5.41, 5.74) is 1.12. The molecule has 6 heteroatoms. The van der Waals surface area contributed by atoms with Crippen molar-refractivity contribution in [3.05, 3.63) is 63.6 Å². The Hall–Kier alpha value is -1.85. The highest BCUT2D eigenvalue weighted by molar-refractivity contribution is 9.10. The van der Waals surface area contributed by atoms with Crippen LogP contribution in [0.25, 0.3) is 0 Å². The summed E-state index contributed by atoms with van der Waals surface area (Å²) in [4.78, 5) is 23.6. The van der Waals surface area contributed by atoms with Gasteiger partial charge in [0, 0.05) is 20.7 Å². The van der Waals surface area contributed by atoms with Crippen molar-refractivity contribution in [1.29, 1.82) is 0 Å². The summed E-state index contributed by atoms with van der Waals surface area (Å²) in [6.45, 7) is -0.0997. The summed E-state index contributed by atoms with van der Waals surface area (Å²) in [5, 5.41) is 5.82.